The molecule has 3 atom stereocenters. The van der Waals surface area contributed by atoms with Crippen molar-refractivity contribution in [3.8, 4) is 0 Å². The Balaban J connectivity index is 1.77. The van der Waals surface area contributed by atoms with E-state index in [-0.39, 0.29) is 11.8 Å². The van der Waals surface area contributed by atoms with Crippen LogP contribution in [-0.2, 0) is 15.5 Å². The quantitative estimate of drug-likeness (QED) is 0.494. The minimum absolute atomic E-state index is 0.0165. The summed E-state index contributed by atoms with van der Waals surface area (Å²) in [6, 6.07) is 13.7. The molecule has 2 aromatic rings. The lowest BCUT2D eigenvalue weighted by atomic mass is 10.1. The first-order valence-electron chi connectivity index (χ1n) is 6.43. The van der Waals surface area contributed by atoms with Gasteiger partial charge >= 0.3 is 0 Å². The molecule has 21 heavy (non-hydrogen) atoms. The van der Waals surface area contributed by atoms with Gasteiger partial charge in [0, 0.05) is 17.0 Å². The van der Waals surface area contributed by atoms with Crippen molar-refractivity contribution < 1.29 is 13.9 Å². The van der Waals surface area contributed by atoms with Crippen molar-refractivity contribution in [2.75, 3.05) is 0 Å². The van der Waals surface area contributed by atoms with Gasteiger partial charge in [-0.05, 0) is 24.6 Å². The fraction of sp³-hybridized carbons (Fsp3) is 0.200. The van der Waals surface area contributed by atoms with Gasteiger partial charge in [-0.15, -0.1) is 0 Å². The Morgan fingerprint density at radius 1 is 1.19 bits per heavy atom. The fourth-order valence-electron chi connectivity index (χ4n) is 2.12. The Labute approximate surface area is 124 Å². The summed E-state index contributed by atoms with van der Waals surface area (Å²) in [6.07, 6.45) is -0.341. The number of nitro groups is 1. The molecule has 0 amide bonds. The van der Waals surface area contributed by atoms with Gasteiger partial charge in [-0.1, -0.05) is 29.8 Å². The fourth-order valence-corrected chi connectivity index (χ4v) is 3.39. The predicted octanol–water partition coefficient (Wildman–Crippen LogP) is 3.11. The number of hydrogen-bond donors (Lipinski definition) is 0. The van der Waals surface area contributed by atoms with Crippen LogP contribution in [0.4, 0.5) is 5.69 Å². The minimum atomic E-state index is -1.27. The highest BCUT2D eigenvalue weighted by Gasteiger charge is 2.46. The standard InChI is InChI=1S/C15H13NO4S/c1-10-5-7-13(8-6-10)21(19)15-14(20-15)11-3-2-4-12(9-11)16(17)18/h2-9,14-15H,1H3/t14-,15+,21?/m1/s1. The third-order valence-corrected chi connectivity index (χ3v) is 4.84. The Hall–Kier alpha value is -2.05. The van der Waals surface area contributed by atoms with E-state index in [1.165, 1.54) is 12.1 Å². The molecule has 0 aromatic heterocycles. The number of aryl methyl sites for hydroxylation is 1. The van der Waals surface area contributed by atoms with Crippen molar-refractivity contribution in [3.05, 3.63) is 69.8 Å². The average molecular weight is 303 g/mol. The number of ether oxygens (including phenoxy) is 1. The van der Waals surface area contributed by atoms with E-state index in [0.717, 1.165) is 5.56 Å². The highest BCUT2D eigenvalue weighted by atomic mass is 32.2. The average Bonchev–Trinajstić information content (AvgIpc) is 3.28. The summed E-state index contributed by atoms with van der Waals surface area (Å²) in [5, 5.41) is 10.8. The lowest BCUT2D eigenvalue weighted by Crippen LogP contribution is -2.01. The zero-order valence-electron chi connectivity index (χ0n) is 11.3. The van der Waals surface area contributed by atoms with Crippen LogP contribution in [0, 0.1) is 17.0 Å². The molecule has 6 heteroatoms. The van der Waals surface area contributed by atoms with Gasteiger partial charge < -0.3 is 4.74 Å². The number of rotatable bonds is 4. The van der Waals surface area contributed by atoms with Crippen molar-refractivity contribution in [3.63, 3.8) is 0 Å². The molecular weight excluding hydrogens is 290 g/mol. The van der Waals surface area contributed by atoms with E-state index < -0.39 is 21.2 Å². The summed E-state index contributed by atoms with van der Waals surface area (Å²) in [7, 11) is -1.27. The van der Waals surface area contributed by atoms with E-state index >= 15 is 0 Å². The SMILES string of the molecule is Cc1ccc(S(=O)[C@@H]2O[C@@H]2c2cccc([N+](=O)[O-])c2)cc1. The molecule has 0 aliphatic carbocycles. The van der Waals surface area contributed by atoms with Crippen LogP contribution in [0.2, 0.25) is 0 Å². The second-order valence-corrected chi connectivity index (χ2v) is 6.42. The van der Waals surface area contributed by atoms with Crippen LogP contribution in [0.15, 0.2) is 53.4 Å². The molecule has 0 saturated carbocycles. The summed E-state index contributed by atoms with van der Waals surface area (Å²) in [5.41, 5.74) is 1.37. The van der Waals surface area contributed by atoms with Gasteiger partial charge in [-0.25, -0.2) is 0 Å². The van der Waals surface area contributed by atoms with Gasteiger partial charge in [0.2, 0.25) is 0 Å². The van der Waals surface area contributed by atoms with Gasteiger partial charge in [0.25, 0.3) is 5.69 Å². The van der Waals surface area contributed by atoms with Crippen LogP contribution in [-0.4, -0.2) is 14.6 Å². The van der Waals surface area contributed by atoms with E-state index in [0.29, 0.717) is 10.5 Å². The van der Waals surface area contributed by atoms with Crippen molar-refractivity contribution in [2.24, 2.45) is 0 Å². The summed E-state index contributed by atoms with van der Waals surface area (Å²) in [5.74, 6) is 0. The van der Waals surface area contributed by atoms with Crippen molar-refractivity contribution in [2.45, 2.75) is 23.4 Å². The topological polar surface area (TPSA) is 72.7 Å². The van der Waals surface area contributed by atoms with Gasteiger partial charge in [0.05, 0.1) is 15.7 Å². The molecule has 1 aliphatic rings. The minimum Gasteiger partial charge on any atom is -0.350 e. The lowest BCUT2D eigenvalue weighted by Gasteiger charge is -2.00. The van der Waals surface area contributed by atoms with Crippen LogP contribution in [0.3, 0.4) is 0 Å². The Morgan fingerprint density at radius 2 is 1.90 bits per heavy atom. The molecule has 1 aliphatic heterocycles. The summed E-state index contributed by atoms with van der Waals surface area (Å²) >= 11 is 0. The molecule has 1 fully saturated rings. The van der Waals surface area contributed by atoms with Crippen molar-refractivity contribution >= 4 is 16.5 Å². The molecule has 2 aromatic carbocycles. The highest BCUT2D eigenvalue weighted by molar-refractivity contribution is 7.85. The maximum Gasteiger partial charge on any atom is 0.269 e. The second-order valence-electron chi connectivity index (χ2n) is 4.89. The molecule has 1 saturated heterocycles. The van der Waals surface area contributed by atoms with Crippen LogP contribution < -0.4 is 0 Å². The summed E-state index contributed by atoms with van der Waals surface area (Å²) in [4.78, 5) is 11.0. The molecule has 108 valence electrons. The number of hydrogen-bond acceptors (Lipinski definition) is 4. The third-order valence-electron chi connectivity index (χ3n) is 3.33. The number of epoxide rings is 1. The monoisotopic (exact) mass is 303 g/mol. The Bertz CT molecular complexity index is 714. The summed E-state index contributed by atoms with van der Waals surface area (Å²) < 4.78 is 17.8. The zero-order valence-corrected chi connectivity index (χ0v) is 12.1. The first-order valence-corrected chi connectivity index (χ1v) is 7.64. The lowest BCUT2D eigenvalue weighted by molar-refractivity contribution is -0.384. The second kappa shape index (κ2) is 5.38. The van der Waals surface area contributed by atoms with Crippen molar-refractivity contribution in [1.82, 2.24) is 0 Å². The predicted molar refractivity (Wildman–Crippen MR) is 78.3 cm³/mol. The maximum absolute atomic E-state index is 12.4. The largest absolute Gasteiger partial charge is 0.350 e. The Kier molecular flexibility index (Phi) is 3.57. The maximum atomic E-state index is 12.4. The van der Waals surface area contributed by atoms with Crippen LogP contribution in [0.25, 0.3) is 0 Å². The normalized spacial score (nSPS) is 21.8. The molecular formula is C15H13NO4S. The number of benzene rings is 2. The molecule has 0 spiro atoms. The first kappa shape index (κ1) is 13.9. The number of nitro benzene ring substituents is 1. The van der Waals surface area contributed by atoms with E-state index in [4.69, 9.17) is 4.74 Å². The third kappa shape index (κ3) is 2.86. The molecule has 5 nitrogen and oxygen atoms in total. The molecule has 0 radical (unpaired) electrons. The first-order chi connectivity index (χ1) is 10.1. The summed E-state index contributed by atoms with van der Waals surface area (Å²) in [6.45, 7) is 1.96. The molecule has 0 bridgehead atoms. The Morgan fingerprint density at radius 3 is 2.57 bits per heavy atom. The van der Waals surface area contributed by atoms with Crippen LogP contribution in [0.1, 0.15) is 17.2 Å². The van der Waals surface area contributed by atoms with E-state index in [1.54, 1.807) is 12.1 Å². The molecule has 1 heterocycles. The smallest absolute Gasteiger partial charge is 0.269 e. The molecule has 3 rings (SSSR count). The van der Waals surface area contributed by atoms with E-state index in [2.05, 4.69) is 0 Å². The van der Waals surface area contributed by atoms with Gasteiger partial charge in [-0.2, -0.15) is 0 Å². The molecule has 0 N–H and O–H groups in total. The number of non-ortho nitro benzene ring substituents is 1. The zero-order chi connectivity index (χ0) is 15.0. The van der Waals surface area contributed by atoms with Crippen LogP contribution >= 0.6 is 0 Å². The van der Waals surface area contributed by atoms with Gasteiger partial charge in [-0.3, -0.25) is 14.3 Å². The van der Waals surface area contributed by atoms with Gasteiger partial charge in [0.15, 0.2) is 5.44 Å². The van der Waals surface area contributed by atoms with E-state index in [1.807, 2.05) is 31.2 Å². The van der Waals surface area contributed by atoms with E-state index in [9.17, 15) is 14.3 Å². The van der Waals surface area contributed by atoms with Crippen molar-refractivity contribution in [1.29, 1.82) is 0 Å². The molecule has 1 unspecified atom stereocenters. The van der Waals surface area contributed by atoms with Gasteiger partial charge in [0.1, 0.15) is 6.10 Å². The van der Waals surface area contributed by atoms with Crippen LogP contribution in [0.5, 0.6) is 0 Å². The highest BCUT2D eigenvalue weighted by Crippen LogP contribution is 2.43. The number of nitrogens with zero attached hydrogens (tertiary/aromatic N) is 1.